The molecule has 3 N–H and O–H groups in total. The van der Waals surface area contributed by atoms with Crippen molar-refractivity contribution in [2.24, 2.45) is 16.8 Å². The maximum Gasteiger partial charge on any atom is 0.332 e. The molecule has 6 heteroatoms. The molecular weight excluding hydrogens is 174 g/mol. The van der Waals surface area contributed by atoms with E-state index in [-0.39, 0.29) is 23.7 Å². The van der Waals surface area contributed by atoms with Gasteiger partial charge in [0, 0.05) is 0 Å². The van der Waals surface area contributed by atoms with Gasteiger partial charge in [0.1, 0.15) is 11.5 Å². The van der Waals surface area contributed by atoms with Crippen LogP contribution in [0.2, 0.25) is 0 Å². The van der Waals surface area contributed by atoms with Crippen molar-refractivity contribution < 1.29 is 14.4 Å². The molecule has 1 unspecified atom stereocenters. The Hall–Kier alpha value is -1.72. The van der Waals surface area contributed by atoms with Crippen molar-refractivity contribution in [3.63, 3.8) is 0 Å². The number of Topliss-reactive ketones (excluding diaryl/α,β-unsaturated/α-hetero) is 2. The maximum atomic E-state index is 11.2. The Kier molecular flexibility index (Phi) is 2.41. The van der Waals surface area contributed by atoms with Crippen LogP contribution in [0.25, 0.3) is 0 Å². The summed E-state index contributed by atoms with van der Waals surface area (Å²) in [5.41, 5.74) is 6.71. The molecule has 1 atom stereocenters. The first-order valence-electron chi connectivity index (χ1n) is 3.71. The highest BCUT2D eigenvalue weighted by Gasteiger charge is 2.34. The SMILES string of the molecule is CC1C(=O)CC(=NNC(N)=O)C1=O. The zero-order valence-electron chi connectivity index (χ0n) is 7.03. The van der Waals surface area contributed by atoms with Crippen LogP contribution in [0.15, 0.2) is 5.10 Å². The number of carbonyl (C=O) groups excluding carboxylic acids is 3. The van der Waals surface area contributed by atoms with Crippen LogP contribution in [0.1, 0.15) is 13.3 Å². The van der Waals surface area contributed by atoms with Gasteiger partial charge >= 0.3 is 6.03 Å². The van der Waals surface area contributed by atoms with E-state index in [9.17, 15) is 14.4 Å². The lowest BCUT2D eigenvalue weighted by Gasteiger charge is -1.94. The highest BCUT2D eigenvalue weighted by Crippen LogP contribution is 2.14. The molecule has 1 fully saturated rings. The van der Waals surface area contributed by atoms with Crippen LogP contribution >= 0.6 is 0 Å². The molecule has 0 saturated heterocycles. The Balaban J connectivity index is 2.74. The standard InChI is InChI=1S/C7H9N3O3/c1-3-5(11)2-4(6(3)12)9-10-7(8)13/h3H,2H2,1H3,(H3,8,10,13). The molecule has 1 aliphatic rings. The van der Waals surface area contributed by atoms with E-state index >= 15 is 0 Å². The summed E-state index contributed by atoms with van der Waals surface area (Å²) in [5, 5.41) is 3.43. The summed E-state index contributed by atoms with van der Waals surface area (Å²) < 4.78 is 0. The van der Waals surface area contributed by atoms with Crippen LogP contribution in [-0.4, -0.2) is 23.3 Å². The van der Waals surface area contributed by atoms with Crippen molar-refractivity contribution in [1.29, 1.82) is 0 Å². The maximum absolute atomic E-state index is 11.2. The van der Waals surface area contributed by atoms with Crippen molar-refractivity contribution in [3.8, 4) is 0 Å². The van der Waals surface area contributed by atoms with E-state index in [4.69, 9.17) is 5.73 Å². The molecule has 1 rings (SSSR count). The first-order valence-corrected chi connectivity index (χ1v) is 3.71. The minimum Gasteiger partial charge on any atom is -0.350 e. The van der Waals surface area contributed by atoms with Gasteiger partial charge in [0.15, 0.2) is 5.78 Å². The fraction of sp³-hybridized carbons (Fsp3) is 0.429. The lowest BCUT2D eigenvalue weighted by molar-refractivity contribution is -0.125. The normalized spacial score (nSPS) is 25.3. The van der Waals surface area contributed by atoms with Gasteiger partial charge in [0.25, 0.3) is 0 Å². The molecule has 0 aromatic carbocycles. The molecule has 0 radical (unpaired) electrons. The van der Waals surface area contributed by atoms with Crippen molar-refractivity contribution >= 4 is 23.3 Å². The molecule has 0 spiro atoms. The lowest BCUT2D eigenvalue weighted by Crippen LogP contribution is -2.27. The van der Waals surface area contributed by atoms with Gasteiger partial charge in [-0.05, 0) is 6.92 Å². The molecule has 0 heterocycles. The van der Waals surface area contributed by atoms with E-state index in [1.165, 1.54) is 6.92 Å². The van der Waals surface area contributed by atoms with Gasteiger partial charge in [0.05, 0.1) is 12.3 Å². The highest BCUT2D eigenvalue weighted by atomic mass is 16.2. The zero-order valence-corrected chi connectivity index (χ0v) is 7.03. The van der Waals surface area contributed by atoms with Gasteiger partial charge in [-0.3, -0.25) is 9.59 Å². The first kappa shape index (κ1) is 9.37. The smallest absolute Gasteiger partial charge is 0.332 e. The number of hydrogen-bond donors (Lipinski definition) is 2. The van der Waals surface area contributed by atoms with Crippen LogP contribution in [0, 0.1) is 5.92 Å². The molecule has 0 bridgehead atoms. The number of carbonyl (C=O) groups is 3. The minimum absolute atomic E-state index is 0.0275. The van der Waals surface area contributed by atoms with E-state index in [1.54, 1.807) is 0 Å². The molecule has 2 amide bonds. The average Bonchev–Trinajstić information content (AvgIpc) is 2.29. The fourth-order valence-corrected chi connectivity index (χ4v) is 1.02. The zero-order chi connectivity index (χ0) is 10.0. The highest BCUT2D eigenvalue weighted by molar-refractivity contribution is 6.51. The van der Waals surface area contributed by atoms with E-state index < -0.39 is 11.9 Å². The van der Waals surface area contributed by atoms with Crippen LogP contribution in [-0.2, 0) is 9.59 Å². The molecule has 1 saturated carbocycles. The van der Waals surface area contributed by atoms with Gasteiger partial charge in [-0.1, -0.05) is 0 Å². The monoisotopic (exact) mass is 183 g/mol. The van der Waals surface area contributed by atoms with Gasteiger partial charge in [-0.25, -0.2) is 10.2 Å². The summed E-state index contributed by atoms with van der Waals surface area (Å²) in [7, 11) is 0. The number of urea groups is 1. The van der Waals surface area contributed by atoms with Crippen LogP contribution in [0.3, 0.4) is 0 Å². The molecule has 0 aromatic rings. The third-order valence-electron chi connectivity index (χ3n) is 1.80. The number of amides is 2. The molecule has 0 aliphatic heterocycles. The third-order valence-corrected chi connectivity index (χ3v) is 1.80. The average molecular weight is 183 g/mol. The number of hydrogen-bond acceptors (Lipinski definition) is 4. The van der Waals surface area contributed by atoms with E-state index in [0.29, 0.717) is 0 Å². The van der Waals surface area contributed by atoms with Crippen molar-refractivity contribution in [2.75, 3.05) is 0 Å². The second kappa shape index (κ2) is 3.34. The van der Waals surface area contributed by atoms with Gasteiger partial charge in [-0.2, -0.15) is 5.10 Å². The summed E-state index contributed by atoms with van der Waals surface area (Å²) in [6.07, 6.45) is -0.0275. The molecule has 1 aliphatic carbocycles. The van der Waals surface area contributed by atoms with Crippen LogP contribution in [0.5, 0.6) is 0 Å². The molecule has 0 aromatic heterocycles. The summed E-state index contributed by atoms with van der Waals surface area (Å²) in [6.45, 7) is 1.51. The molecule has 6 nitrogen and oxygen atoms in total. The second-order valence-corrected chi connectivity index (χ2v) is 2.76. The van der Waals surface area contributed by atoms with Crippen molar-refractivity contribution in [1.82, 2.24) is 5.43 Å². The Bertz CT molecular complexity index is 308. The number of rotatable bonds is 1. The molecule has 13 heavy (non-hydrogen) atoms. The Morgan fingerprint density at radius 2 is 2.23 bits per heavy atom. The molecular formula is C7H9N3O3. The quantitative estimate of drug-likeness (QED) is 0.410. The fourth-order valence-electron chi connectivity index (χ4n) is 1.02. The minimum atomic E-state index is -0.854. The number of nitrogens with one attached hydrogen (secondary N) is 1. The van der Waals surface area contributed by atoms with Gasteiger partial charge in [0.2, 0.25) is 0 Å². The van der Waals surface area contributed by atoms with Crippen molar-refractivity contribution in [3.05, 3.63) is 0 Å². The number of nitrogens with two attached hydrogens (primary N) is 1. The summed E-state index contributed by atoms with van der Waals surface area (Å²) >= 11 is 0. The molecule has 70 valence electrons. The topological polar surface area (TPSA) is 102 Å². The predicted octanol–water partition coefficient (Wildman–Crippen LogP) is -0.811. The summed E-state index contributed by atoms with van der Waals surface area (Å²) in [6, 6.07) is -0.854. The van der Waals surface area contributed by atoms with Gasteiger partial charge < -0.3 is 5.73 Å². The Labute approximate surface area is 74.2 Å². The number of primary amides is 1. The van der Waals surface area contributed by atoms with Crippen LogP contribution < -0.4 is 11.2 Å². The lowest BCUT2D eigenvalue weighted by atomic mass is 10.1. The van der Waals surface area contributed by atoms with E-state index in [0.717, 1.165) is 0 Å². The number of hydrazone groups is 1. The van der Waals surface area contributed by atoms with Crippen molar-refractivity contribution in [2.45, 2.75) is 13.3 Å². The predicted molar refractivity (Wildman–Crippen MR) is 43.9 cm³/mol. The third kappa shape index (κ3) is 1.90. The number of ketones is 2. The largest absolute Gasteiger partial charge is 0.350 e. The summed E-state index contributed by atoms with van der Waals surface area (Å²) in [5.74, 6) is -1.18. The second-order valence-electron chi connectivity index (χ2n) is 2.76. The summed E-state index contributed by atoms with van der Waals surface area (Å²) in [4.78, 5) is 32.4. The Morgan fingerprint density at radius 1 is 1.62 bits per heavy atom. The van der Waals surface area contributed by atoms with E-state index in [2.05, 4.69) is 5.10 Å². The van der Waals surface area contributed by atoms with Gasteiger partial charge in [-0.15, -0.1) is 0 Å². The first-order chi connectivity index (χ1) is 6.02. The van der Waals surface area contributed by atoms with E-state index in [1.807, 2.05) is 5.43 Å². The Morgan fingerprint density at radius 3 is 2.62 bits per heavy atom. The number of nitrogens with zero attached hydrogens (tertiary/aromatic N) is 1. The van der Waals surface area contributed by atoms with Crippen LogP contribution in [0.4, 0.5) is 4.79 Å².